The van der Waals surface area contributed by atoms with Crippen molar-refractivity contribution < 1.29 is 28.7 Å². The number of hydrogen-bond donors (Lipinski definition) is 0. The molecule has 0 aromatic heterocycles. The molecule has 1 aromatic rings. The van der Waals surface area contributed by atoms with E-state index in [9.17, 15) is 19.2 Å². The predicted molar refractivity (Wildman–Crippen MR) is 74.8 cm³/mol. The fraction of sp³-hybridized carbons (Fsp3) is 0.375. The Bertz CT molecular complexity index is 572. The molecule has 1 fully saturated rings. The standard InChI is InChI=1S/C16H16O6/c1-21-15(19)13-10(17)8-11(18)14(16(20)22-2)12(13)9-6-4-3-5-7-9/h3-7,12-14H,8H2,1-2H3. The van der Waals surface area contributed by atoms with Gasteiger partial charge in [-0.1, -0.05) is 30.3 Å². The number of ether oxygens (including phenoxy) is 2. The summed E-state index contributed by atoms with van der Waals surface area (Å²) in [6.45, 7) is 0. The lowest BCUT2D eigenvalue weighted by Crippen LogP contribution is -2.47. The summed E-state index contributed by atoms with van der Waals surface area (Å²) in [5, 5.41) is 0. The van der Waals surface area contributed by atoms with E-state index in [1.165, 1.54) is 14.2 Å². The van der Waals surface area contributed by atoms with Crippen molar-refractivity contribution in [1.82, 2.24) is 0 Å². The summed E-state index contributed by atoms with van der Waals surface area (Å²) in [5.41, 5.74) is 0.551. The normalized spacial score (nSPS) is 24.7. The van der Waals surface area contributed by atoms with E-state index in [4.69, 9.17) is 0 Å². The second-order valence-corrected chi connectivity index (χ2v) is 5.05. The molecule has 0 N–H and O–H groups in total. The fourth-order valence-corrected chi connectivity index (χ4v) is 2.85. The monoisotopic (exact) mass is 304 g/mol. The molecule has 0 aliphatic heterocycles. The van der Waals surface area contributed by atoms with Gasteiger partial charge in [0.05, 0.1) is 20.6 Å². The van der Waals surface area contributed by atoms with Gasteiger partial charge in [0.2, 0.25) is 0 Å². The Morgan fingerprint density at radius 1 is 0.909 bits per heavy atom. The van der Waals surface area contributed by atoms with E-state index in [-0.39, 0.29) is 0 Å². The third-order valence-electron chi connectivity index (χ3n) is 3.86. The van der Waals surface area contributed by atoms with Crippen LogP contribution in [0.25, 0.3) is 0 Å². The van der Waals surface area contributed by atoms with Gasteiger partial charge in [-0.05, 0) is 5.56 Å². The number of benzene rings is 1. The van der Waals surface area contributed by atoms with E-state index in [1.54, 1.807) is 30.3 Å². The van der Waals surface area contributed by atoms with E-state index < -0.39 is 47.7 Å². The van der Waals surface area contributed by atoms with Crippen LogP contribution < -0.4 is 0 Å². The van der Waals surface area contributed by atoms with Crippen molar-refractivity contribution in [2.75, 3.05) is 14.2 Å². The molecule has 0 radical (unpaired) electrons. The van der Waals surface area contributed by atoms with Crippen molar-refractivity contribution in [3.8, 4) is 0 Å². The van der Waals surface area contributed by atoms with E-state index >= 15 is 0 Å². The van der Waals surface area contributed by atoms with Crippen LogP contribution in [-0.2, 0) is 28.7 Å². The third kappa shape index (κ3) is 2.77. The summed E-state index contributed by atoms with van der Waals surface area (Å²) in [6, 6.07) is 8.52. The van der Waals surface area contributed by atoms with Crippen molar-refractivity contribution in [1.29, 1.82) is 0 Å². The van der Waals surface area contributed by atoms with Gasteiger partial charge in [0.1, 0.15) is 11.8 Å². The highest BCUT2D eigenvalue weighted by atomic mass is 16.5. The molecule has 6 nitrogen and oxygen atoms in total. The van der Waals surface area contributed by atoms with Crippen LogP contribution in [0.4, 0.5) is 0 Å². The lowest BCUT2D eigenvalue weighted by molar-refractivity contribution is -0.159. The number of carbonyl (C=O) groups excluding carboxylic acids is 4. The number of methoxy groups -OCH3 is 2. The van der Waals surface area contributed by atoms with Crippen LogP contribution in [0.5, 0.6) is 0 Å². The van der Waals surface area contributed by atoms with E-state index in [0.29, 0.717) is 5.56 Å². The SMILES string of the molecule is COC(=O)C1C(=O)CC(=O)C(C(=O)OC)C1c1ccccc1. The Hall–Kier alpha value is -2.50. The number of ketones is 2. The first-order chi connectivity index (χ1) is 10.5. The topological polar surface area (TPSA) is 86.7 Å². The van der Waals surface area contributed by atoms with Gasteiger partial charge in [-0.15, -0.1) is 0 Å². The van der Waals surface area contributed by atoms with Gasteiger partial charge in [-0.2, -0.15) is 0 Å². The summed E-state index contributed by atoms with van der Waals surface area (Å²) in [6.07, 6.45) is -0.469. The molecular weight excluding hydrogens is 288 g/mol. The molecule has 1 aliphatic rings. The maximum Gasteiger partial charge on any atom is 0.316 e. The average molecular weight is 304 g/mol. The van der Waals surface area contributed by atoms with Crippen LogP contribution in [0.1, 0.15) is 17.9 Å². The fourth-order valence-electron chi connectivity index (χ4n) is 2.85. The Balaban J connectivity index is 2.56. The molecular formula is C16H16O6. The molecule has 116 valence electrons. The zero-order valence-electron chi connectivity index (χ0n) is 12.3. The maximum atomic E-state index is 12.2. The lowest BCUT2D eigenvalue weighted by atomic mass is 9.67. The van der Waals surface area contributed by atoms with Gasteiger partial charge in [-0.3, -0.25) is 19.2 Å². The van der Waals surface area contributed by atoms with E-state index in [2.05, 4.69) is 9.47 Å². The minimum absolute atomic E-state index is 0.469. The minimum atomic E-state index is -1.19. The first kappa shape index (κ1) is 15.9. The van der Waals surface area contributed by atoms with Crippen LogP contribution in [0, 0.1) is 11.8 Å². The maximum absolute atomic E-state index is 12.2. The van der Waals surface area contributed by atoms with E-state index in [0.717, 1.165) is 0 Å². The predicted octanol–water partition coefficient (Wildman–Crippen LogP) is 0.890. The van der Waals surface area contributed by atoms with E-state index in [1.807, 2.05) is 0 Å². The highest BCUT2D eigenvalue weighted by molar-refractivity contribution is 6.16. The van der Waals surface area contributed by atoms with Gasteiger partial charge in [0.15, 0.2) is 11.6 Å². The lowest BCUT2D eigenvalue weighted by Gasteiger charge is -2.33. The first-order valence-corrected chi connectivity index (χ1v) is 6.77. The Morgan fingerprint density at radius 3 is 1.77 bits per heavy atom. The summed E-state index contributed by atoms with van der Waals surface area (Å²) >= 11 is 0. The van der Waals surface area contributed by atoms with Crippen molar-refractivity contribution >= 4 is 23.5 Å². The molecule has 1 saturated carbocycles. The zero-order chi connectivity index (χ0) is 16.3. The number of carbonyl (C=O) groups is 4. The minimum Gasteiger partial charge on any atom is -0.468 e. The quantitative estimate of drug-likeness (QED) is 0.609. The Labute approximate surface area is 127 Å². The molecule has 1 aromatic carbocycles. The highest BCUT2D eigenvalue weighted by Crippen LogP contribution is 2.40. The summed E-state index contributed by atoms with van der Waals surface area (Å²) < 4.78 is 9.37. The van der Waals surface area contributed by atoms with Crippen LogP contribution in [0.2, 0.25) is 0 Å². The Morgan fingerprint density at radius 2 is 1.36 bits per heavy atom. The number of Topliss-reactive ketones (excluding diaryl/α,β-unsaturated/α-hetero) is 2. The second kappa shape index (κ2) is 6.51. The van der Waals surface area contributed by atoms with Crippen LogP contribution in [-0.4, -0.2) is 37.7 Å². The molecule has 1 aliphatic carbocycles. The van der Waals surface area contributed by atoms with Gasteiger partial charge < -0.3 is 9.47 Å². The van der Waals surface area contributed by atoms with Gasteiger partial charge in [0, 0.05) is 5.92 Å². The molecule has 2 unspecified atom stereocenters. The van der Waals surface area contributed by atoms with Crippen LogP contribution >= 0.6 is 0 Å². The van der Waals surface area contributed by atoms with Gasteiger partial charge in [-0.25, -0.2) is 0 Å². The van der Waals surface area contributed by atoms with Crippen LogP contribution in [0.15, 0.2) is 30.3 Å². The van der Waals surface area contributed by atoms with Gasteiger partial charge in [0.25, 0.3) is 0 Å². The number of esters is 2. The average Bonchev–Trinajstić information content (AvgIpc) is 2.53. The molecule has 0 saturated heterocycles. The van der Waals surface area contributed by atoms with Crippen molar-refractivity contribution in [2.24, 2.45) is 11.8 Å². The zero-order valence-corrected chi connectivity index (χ0v) is 12.3. The van der Waals surface area contributed by atoms with Crippen molar-refractivity contribution in [2.45, 2.75) is 12.3 Å². The summed E-state index contributed by atoms with van der Waals surface area (Å²) in [4.78, 5) is 48.4. The summed E-state index contributed by atoms with van der Waals surface area (Å²) in [7, 11) is 2.34. The summed E-state index contributed by atoms with van der Waals surface area (Å²) in [5.74, 6) is -5.85. The Kier molecular flexibility index (Phi) is 4.70. The molecule has 6 heteroatoms. The highest BCUT2D eigenvalue weighted by Gasteiger charge is 2.51. The largest absolute Gasteiger partial charge is 0.468 e. The first-order valence-electron chi connectivity index (χ1n) is 6.77. The number of rotatable bonds is 3. The second-order valence-electron chi connectivity index (χ2n) is 5.05. The molecule has 0 bridgehead atoms. The molecule has 0 heterocycles. The molecule has 2 rings (SSSR count). The molecule has 0 spiro atoms. The number of hydrogen-bond acceptors (Lipinski definition) is 6. The van der Waals surface area contributed by atoms with Crippen molar-refractivity contribution in [3.63, 3.8) is 0 Å². The van der Waals surface area contributed by atoms with Crippen LogP contribution in [0.3, 0.4) is 0 Å². The smallest absolute Gasteiger partial charge is 0.316 e. The van der Waals surface area contributed by atoms with Crippen molar-refractivity contribution in [3.05, 3.63) is 35.9 Å². The molecule has 0 amide bonds. The third-order valence-corrected chi connectivity index (χ3v) is 3.86. The molecule has 22 heavy (non-hydrogen) atoms. The van der Waals surface area contributed by atoms with Gasteiger partial charge >= 0.3 is 11.9 Å². The molecule has 2 atom stereocenters.